The molecule has 0 aromatic heterocycles. The van der Waals surface area contributed by atoms with Gasteiger partial charge in [0.1, 0.15) is 0 Å². The molecular weight excluding hydrogens is 126 g/mol. The predicted molar refractivity (Wildman–Crippen MR) is 39.7 cm³/mol. The first kappa shape index (κ1) is 6.62. The second-order valence-electron chi connectivity index (χ2n) is 4.32. The van der Waals surface area contributed by atoms with Gasteiger partial charge >= 0.3 is 0 Å². The number of rotatable bonds is 0. The van der Waals surface area contributed by atoms with E-state index in [0.717, 1.165) is 13.2 Å². The molecule has 0 amide bonds. The van der Waals surface area contributed by atoms with E-state index in [1.54, 1.807) is 0 Å². The van der Waals surface area contributed by atoms with Crippen LogP contribution in [0.15, 0.2) is 0 Å². The molecule has 2 nitrogen and oxygen atoms in total. The second-order valence-corrected chi connectivity index (χ2v) is 4.32. The predicted octanol–water partition coefficient (Wildman–Crippen LogP) is 0.904. The van der Waals surface area contributed by atoms with Gasteiger partial charge in [-0.15, -0.1) is 0 Å². The fourth-order valence-electron chi connectivity index (χ4n) is 2.22. The third-order valence-electron chi connectivity index (χ3n) is 2.82. The Morgan fingerprint density at radius 2 is 2.00 bits per heavy atom. The van der Waals surface area contributed by atoms with E-state index in [2.05, 4.69) is 6.92 Å². The Kier molecular flexibility index (Phi) is 1.15. The van der Waals surface area contributed by atoms with Crippen molar-refractivity contribution >= 4 is 0 Å². The van der Waals surface area contributed by atoms with Crippen LogP contribution in [0.4, 0.5) is 0 Å². The maximum Gasteiger partial charge on any atom is 0.0545 e. The van der Waals surface area contributed by atoms with E-state index in [1.165, 1.54) is 19.3 Å². The molecule has 1 aliphatic carbocycles. The van der Waals surface area contributed by atoms with Crippen LogP contribution in [-0.4, -0.2) is 18.8 Å². The molecule has 58 valence electrons. The summed E-state index contributed by atoms with van der Waals surface area (Å²) in [5.41, 5.74) is 6.61. The van der Waals surface area contributed by atoms with E-state index < -0.39 is 0 Å². The first-order valence-electron chi connectivity index (χ1n) is 3.99. The van der Waals surface area contributed by atoms with Crippen molar-refractivity contribution in [2.24, 2.45) is 11.1 Å². The molecule has 1 saturated carbocycles. The van der Waals surface area contributed by atoms with Gasteiger partial charge in [-0.2, -0.15) is 0 Å². The molecule has 1 spiro atoms. The molecule has 0 aromatic rings. The zero-order chi connectivity index (χ0) is 7.24. The molecule has 2 N–H and O–H groups in total. The summed E-state index contributed by atoms with van der Waals surface area (Å²) in [4.78, 5) is 0. The standard InChI is InChI=1S/C8H15NO/c1-7(9)2-3-8(4-7)5-10-6-8/h2-6,9H2,1H3. The minimum absolute atomic E-state index is 0.101. The smallest absolute Gasteiger partial charge is 0.0545 e. The number of hydrogen-bond acceptors (Lipinski definition) is 2. The summed E-state index contributed by atoms with van der Waals surface area (Å²) in [7, 11) is 0. The highest BCUT2D eigenvalue weighted by atomic mass is 16.5. The van der Waals surface area contributed by atoms with Crippen molar-refractivity contribution < 1.29 is 4.74 Å². The summed E-state index contributed by atoms with van der Waals surface area (Å²) in [6.07, 6.45) is 3.62. The van der Waals surface area contributed by atoms with Crippen molar-refractivity contribution in [3.8, 4) is 0 Å². The Morgan fingerprint density at radius 3 is 2.20 bits per heavy atom. The second kappa shape index (κ2) is 1.74. The van der Waals surface area contributed by atoms with Crippen molar-refractivity contribution in [1.82, 2.24) is 0 Å². The molecular formula is C8H15NO. The van der Waals surface area contributed by atoms with Crippen LogP contribution in [0.3, 0.4) is 0 Å². The Bertz CT molecular complexity index is 149. The van der Waals surface area contributed by atoms with Gasteiger partial charge in [0, 0.05) is 11.0 Å². The van der Waals surface area contributed by atoms with Crippen molar-refractivity contribution in [3.05, 3.63) is 0 Å². The molecule has 1 aliphatic heterocycles. The average molecular weight is 141 g/mol. The first-order valence-corrected chi connectivity index (χ1v) is 3.99. The van der Waals surface area contributed by atoms with Crippen molar-refractivity contribution in [2.75, 3.05) is 13.2 Å². The lowest BCUT2D eigenvalue weighted by molar-refractivity contribution is -0.110. The number of hydrogen-bond donors (Lipinski definition) is 1. The molecule has 1 saturated heterocycles. The zero-order valence-electron chi connectivity index (χ0n) is 6.52. The van der Waals surface area contributed by atoms with E-state index in [9.17, 15) is 0 Å². The SMILES string of the molecule is CC1(N)CCC2(COC2)C1. The van der Waals surface area contributed by atoms with Gasteiger partial charge in [0.2, 0.25) is 0 Å². The van der Waals surface area contributed by atoms with E-state index in [4.69, 9.17) is 10.5 Å². The van der Waals surface area contributed by atoms with E-state index in [1.807, 2.05) is 0 Å². The minimum atomic E-state index is 0.101. The summed E-state index contributed by atoms with van der Waals surface area (Å²) in [6.45, 7) is 4.07. The summed E-state index contributed by atoms with van der Waals surface area (Å²) in [5.74, 6) is 0. The van der Waals surface area contributed by atoms with Crippen LogP contribution in [0, 0.1) is 5.41 Å². The van der Waals surface area contributed by atoms with Gasteiger partial charge in [-0.25, -0.2) is 0 Å². The highest BCUT2D eigenvalue weighted by molar-refractivity contribution is 5.01. The van der Waals surface area contributed by atoms with Gasteiger partial charge < -0.3 is 10.5 Å². The topological polar surface area (TPSA) is 35.2 Å². The van der Waals surface area contributed by atoms with E-state index in [0.29, 0.717) is 5.41 Å². The Balaban J connectivity index is 2.05. The molecule has 2 heteroatoms. The normalized spacial score (nSPS) is 43.8. The maximum absolute atomic E-state index is 6.01. The lowest BCUT2D eigenvalue weighted by atomic mass is 9.82. The van der Waals surface area contributed by atoms with Gasteiger partial charge in [-0.1, -0.05) is 0 Å². The van der Waals surface area contributed by atoms with Crippen LogP contribution in [0.2, 0.25) is 0 Å². The fraction of sp³-hybridized carbons (Fsp3) is 1.00. The van der Waals surface area contributed by atoms with Gasteiger partial charge in [0.15, 0.2) is 0 Å². The summed E-state index contributed by atoms with van der Waals surface area (Å²) in [5, 5.41) is 0. The zero-order valence-corrected chi connectivity index (χ0v) is 6.52. The molecule has 0 aromatic carbocycles. The van der Waals surface area contributed by atoms with Crippen LogP contribution in [-0.2, 0) is 4.74 Å². The molecule has 2 aliphatic rings. The van der Waals surface area contributed by atoms with Crippen molar-refractivity contribution in [2.45, 2.75) is 31.7 Å². The lowest BCUT2D eigenvalue weighted by Crippen LogP contribution is -2.43. The fourth-order valence-corrected chi connectivity index (χ4v) is 2.22. The highest BCUT2D eigenvalue weighted by Crippen LogP contribution is 2.47. The third-order valence-corrected chi connectivity index (χ3v) is 2.82. The quantitative estimate of drug-likeness (QED) is 0.544. The van der Waals surface area contributed by atoms with Crippen LogP contribution in [0.25, 0.3) is 0 Å². The largest absolute Gasteiger partial charge is 0.380 e. The summed E-state index contributed by atoms with van der Waals surface area (Å²) >= 11 is 0. The molecule has 0 bridgehead atoms. The molecule has 1 atom stereocenters. The van der Waals surface area contributed by atoms with Crippen LogP contribution in [0.1, 0.15) is 26.2 Å². The molecule has 1 heterocycles. The lowest BCUT2D eigenvalue weighted by Gasteiger charge is -2.38. The maximum atomic E-state index is 6.01. The van der Waals surface area contributed by atoms with Gasteiger partial charge in [-0.05, 0) is 26.2 Å². The van der Waals surface area contributed by atoms with E-state index >= 15 is 0 Å². The van der Waals surface area contributed by atoms with Crippen LogP contribution >= 0.6 is 0 Å². The highest BCUT2D eigenvalue weighted by Gasteiger charge is 2.48. The Hall–Kier alpha value is -0.0800. The molecule has 1 unspecified atom stereocenters. The van der Waals surface area contributed by atoms with Gasteiger partial charge in [0.25, 0.3) is 0 Å². The van der Waals surface area contributed by atoms with Gasteiger partial charge in [-0.3, -0.25) is 0 Å². The third kappa shape index (κ3) is 0.867. The van der Waals surface area contributed by atoms with Crippen LogP contribution in [0.5, 0.6) is 0 Å². The van der Waals surface area contributed by atoms with Crippen molar-refractivity contribution in [3.63, 3.8) is 0 Å². The minimum Gasteiger partial charge on any atom is -0.380 e. The monoisotopic (exact) mass is 141 g/mol. The van der Waals surface area contributed by atoms with Crippen LogP contribution < -0.4 is 5.73 Å². The first-order chi connectivity index (χ1) is 4.62. The Labute approximate surface area is 61.7 Å². The summed E-state index contributed by atoms with van der Waals surface area (Å²) in [6, 6.07) is 0. The molecule has 2 rings (SSSR count). The average Bonchev–Trinajstić information content (AvgIpc) is 2.04. The molecule has 2 fully saturated rings. The number of nitrogens with two attached hydrogens (primary N) is 1. The van der Waals surface area contributed by atoms with E-state index in [-0.39, 0.29) is 5.54 Å². The summed E-state index contributed by atoms with van der Waals surface area (Å²) < 4.78 is 5.20. The molecule has 0 radical (unpaired) electrons. The number of ether oxygens (including phenoxy) is 1. The van der Waals surface area contributed by atoms with Gasteiger partial charge in [0.05, 0.1) is 13.2 Å². The van der Waals surface area contributed by atoms with Crippen molar-refractivity contribution in [1.29, 1.82) is 0 Å². The Morgan fingerprint density at radius 1 is 1.30 bits per heavy atom. The molecule has 10 heavy (non-hydrogen) atoms.